The van der Waals surface area contributed by atoms with Gasteiger partial charge in [-0.3, -0.25) is 0 Å². The lowest BCUT2D eigenvalue weighted by Gasteiger charge is -2.13. The van der Waals surface area contributed by atoms with Crippen LogP contribution in [0.4, 0.5) is 13.2 Å². The van der Waals surface area contributed by atoms with Crippen LogP contribution in [0.5, 0.6) is 0 Å². The van der Waals surface area contributed by atoms with Crippen molar-refractivity contribution in [2.75, 3.05) is 0 Å². The van der Waals surface area contributed by atoms with Crippen molar-refractivity contribution < 1.29 is 21.6 Å². The van der Waals surface area contributed by atoms with Gasteiger partial charge in [0, 0.05) is 5.56 Å². The number of nitrogens with two attached hydrogens (primary N) is 1. The predicted octanol–water partition coefficient (Wildman–Crippen LogP) is 3.79. The second kappa shape index (κ2) is 6.40. The van der Waals surface area contributed by atoms with Crippen LogP contribution >= 0.6 is 11.3 Å². The summed E-state index contributed by atoms with van der Waals surface area (Å²) in [6.45, 7) is 0. The zero-order valence-electron chi connectivity index (χ0n) is 13.9. The molecular formula is C17H11F3N4O2S2. The fourth-order valence-electron chi connectivity index (χ4n) is 2.74. The van der Waals surface area contributed by atoms with Gasteiger partial charge >= 0.3 is 6.18 Å². The molecule has 11 heteroatoms. The lowest BCUT2D eigenvalue weighted by molar-refractivity contribution is -0.137. The number of hydrogen-bond donors (Lipinski definition) is 1. The van der Waals surface area contributed by atoms with Crippen molar-refractivity contribution in [3.8, 4) is 22.4 Å². The highest BCUT2D eigenvalue weighted by atomic mass is 32.2. The average molecular weight is 424 g/mol. The molecule has 2 heterocycles. The molecule has 0 spiro atoms. The molecule has 0 saturated heterocycles. The Bertz CT molecular complexity index is 1240. The summed E-state index contributed by atoms with van der Waals surface area (Å²) in [6.07, 6.45) is -2.92. The third-order valence-corrected chi connectivity index (χ3v) is 6.22. The molecule has 0 aliphatic rings. The smallest absolute Gasteiger partial charge is 0.223 e. The number of hydrogen-bond acceptors (Lipinski definition) is 5. The molecule has 0 aliphatic carbocycles. The van der Waals surface area contributed by atoms with E-state index in [4.69, 9.17) is 5.14 Å². The van der Waals surface area contributed by atoms with Crippen molar-refractivity contribution >= 4 is 26.3 Å². The fraction of sp³-hybridized carbons (Fsp3) is 0.0588. The fourth-order valence-corrected chi connectivity index (χ4v) is 4.24. The lowest BCUT2D eigenvalue weighted by Crippen LogP contribution is -2.12. The second-order valence-corrected chi connectivity index (χ2v) is 8.58. The molecule has 144 valence electrons. The monoisotopic (exact) mass is 424 g/mol. The molecule has 0 radical (unpaired) electrons. The Labute approximate surface area is 161 Å². The number of halogens is 3. The first-order valence-corrected chi connectivity index (χ1v) is 10.2. The Morgan fingerprint density at radius 2 is 1.64 bits per heavy atom. The molecule has 2 aromatic heterocycles. The maximum Gasteiger partial charge on any atom is 0.417 e. The van der Waals surface area contributed by atoms with Crippen molar-refractivity contribution in [2.45, 2.75) is 10.5 Å². The van der Waals surface area contributed by atoms with Gasteiger partial charge in [-0.2, -0.15) is 13.2 Å². The Morgan fingerprint density at radius 3 is 2.25 bits per heavy atom. The molecule has 0 amide bonds. The maximum absolute atomic E-state index is 13.2. The van der Waals surface area contributed by atoms with E-state index in [-0.39, 0.29) is 9.90 Å². The number of sulfonamides is 1. The average Bonchev–Trinajstić information content (AvgIpc) is 3.20. The van der Waals surface area contributed by atoms with Crippen LogP contribution in [0.15, 0.2) is 59.1 Å². The number of imidazole rings is 1. The summed E-state index contributed by atoms with van der Waals surface area (Å²) in [5.41, 5.74) is 0.975. The van der Waals surface area contributed by atoms with Gasteiger partial charge in [-0.05, 0) is 17.2 Å². The molecule has 0 atom stereocenters. The summed E-state index contributed by atoms with van der Waals surface area (Å²) < 4.78 is 63.3. The Kier molecular flexibility index (Phi) is 4.25. The molecule has 0 bridgehead atoms. The molecule has 6 nitrogen and oxygen atoms in total. The summed E-state index contributed by atoms with van der Waals surface area (Å²) >= 11 is 0.827. The van der Waals surface area contributed by atoms with E-state index in [1.807, 2.05) is 0 Å². The maximum atomic E-state index is 13.2. The summed E-state index contributed by atoms with van der Waals surface area (Å²) in [6, 6.07) is 11.8. The number of benzene rings is 2. The first-order chi connectivity index (χ1) is 13.1. The largest absolute Gasteiger partial charge is 0.417 e. The quantitative estimate of drug-likeness (QED) is 0.542. The minimum absolute atomic E-state index is 0.0897. The summed E-state index contributed by atoms with van der Waals surface area (Å²) in [4.78, 5) is 4.63. The van der Waals surface area contributed by atoms with Gasteiger partial charge in [-0.25, -0.2) is 23.1 Å². The van der Waals surface area contributed by atoms with Crippen LogP contribution in [0.25, 0.3) is 27.3 Å². The standard InChI is InChI=1S/C17H11F3N4O2S2/c18-17(19,20)13-4-2-1-3-12(13)10-5-7-11(8-6-10)14-9-24-15(22-14)27-16(23-24)28(21,25)26/h1-9H,(H2,21,25,26). The highest BCUT2D eigenvalue weighted by Gasteiger charge is 2.33. The molecule has 4 rings (SSSR count). The van der Waals surface area contributed by atoms with Gasteiger partial charge in [0.05, 0.1) is 17.5 Å². The summed E-state index contributed by atoms with van der Waals surface area (Å²) in [5, 5.41) is 8.91. The van der Waals surface area contributed by atoms with E-state index in [1.54, 1.807) is 30.3 Å². The molecule has 0 unspecified atom stereocenters. The van der Waals surface area contributed by atoms with Gasteiger partial charge in [0.2, 0.25) is 9.30 Å². The Morgan fingerprint density at radius 1 is 1.00 bits per heavy atom. The van der Waals surface area contributed by atoms with Gasteiger partial charge in [0.1, 0.15) is 0 Å². The number of aromatic nitrogens is 3. The van der Waals surface area contributed by atoms with Gasteiger partial charge in [0.25, 0.3) is 10.0 Å². The highest BCUT2D eigenvalue weighted by molar-refractivity contribution is 7.91. The predicted molar refractivity (Wildman–Crippen MR) is 98.1 cm³/mol. The van der Waals surface area contributed by atoms with E-state index in [2.05, 4.69) is 10.1 Å². The summed E-state index contributed by atoms with van der Waals surface area (Å²) in [7, 11) is -3.91. The number of alkyl halides is 3. The van der Waals surface area contributed by atoms with E-state index >= 15 is 0 Å². The normalized spacial score (nSPS) is 12.6. The number of nitrogens with zero attached hydrogens (tertiary/aromatic N) is 3. The minimum atomic E-state index is -4.45. The molecule has 0 saturated carbocycles. The Balaban J connectivity index is 1.69. The van der Waals surface area contributed by atoms with E-state index < -0.39 is 21.8 Å². The summed E-state index contributed by atoms with van der Waals surface area (Å²) in [5.74, 6) is 0. The van der Waals surface area contributed by atoms with E-state index in [9.17, 15) is 21.6 Å². The molecule has 2 aromatic carbocycles. The Hall–Kier alpha value is -2.76. The van der Waals surface area contributed by atoms with Gasteiger partial charge in [-0.15, -0.1) is 5.10 Å². The van der Waals surface area contributed by atoms with Crippen molar-refractivity contribution in [1.82, 2.24) is 14.6 Å². The first kappa shape index (κ1) is 18.6. The molecular weight excluding hydrogens is 413 g/mol. The topological polar surface area (TPSA) is 90.4 Å². The van der Waals surface area contributed by atoms with Crippen LogP contribution in [-0.4, -0.2) is 23.0 Å². The number of primary sulfonamides is 1. The minimum Gasteiger partial charge on any atom is -0.223 e. The number of rotatable bonds is 3. The van der Waals surface area contributed by atoms with Crippen LogP contribution < -0.4 is 5.14 Å². The lowest BCUT2D eigenvalue weighted by atomic mass is 9.98. The van der Waals surface area contributed by atoms with Crippen molar-refractivity contribution in [3.05, 3.63) is 60.3 Å². The molecule has 28 heavy (non-hydrogen) atoms. The third kappa shape index (κ3) is 3.39. The van der Waals surface area contributed by atoms with Crippen LogP contribution in [0.1, 0.15) is 5.56 Å². The SMILES string of the molecule is NS(=O)(=O)c1nn2cc(-c3ccc(-c4ccccc4C(F)(F)F)cc3)nc2s1. The van der Waals surface area contributed by atoms with E-state index in [0.29, 0.717) is 21.8 Å². The van der Waals surface area contributed by atoms with Crippen LogP contribution in [0.3, 0.4) is 0 Å². The van der Waals surface area contributed by atoms with E-state index in [1.165, 1.54) is 22.8 Å². The van der Waals surface area contributed by atoms with E-state index in [0.717, 1.165) is 17.4 Å². The van der Waals surface area contributed by atoms with Crippen LogP contribution in [0.2, 0.25) is 0 Å². The van der Waals surface area contributed by atoms with Crippen LogP contribution in [0, 0.1) is 0 Å². The van der Waals surface area contributed by atoms with Crippen molar-refractivity contribution in [2.24, 2.45) is 5.14 Å². The molecule has 4 aromatic rings. The second-order valence-electron chi connectivity index (χ2n) is 5.89. The zero-order valence-corrected chi connectivity index (χ0v) is 15.5. The van der Waals surface area contributed by atoms with Gasteiger partial charge < -0.3 is 0 Å². The van der Waals surface area contributed by atoms with Gasteiger partial charge in [0.15, 0.2) is 0 Å². The highest BCUT2D eigenvalue weighted by Crippen LogP contribution is 2.37. The molecule has 0 fully saturated rings. The first-order valence-electron chi connectivity index (χ1n) is 7.79. The zero-order chi connectivity index (χ0) is 20.1. The number of fused-ring (bicyclic) bond motifs is 1. The third-order valence-electron chi connectivity index (χ3n) is 3.99. The molecule has 0 aliphatic heterocycles. The van der Waals surface area contributed by atoms with Crippen molar-refractivity contribution in [1.29, 1.82) is 0 Å². The van der Waals surface area contributed by atoms with Crippen LogP contribution in [-0.2, 0) is 16.2 Å². The van der Waals surface area contributed by atoms with Crippen molar-refractivity contribution in [3.63, 3.8) is 0 Å². The molecule has 2 N–H and O–H groups in total. The van der Waals surface area contributed by atoms with Gasteiger partial charge in [-0.1, -0.05) is 53.8 Å².